The maximum atomic E-state index is 12.3. The van der Waals surface area contributed by atoms with Crippen molar-refractivity contribution in [3.05, 3.63) is 71.8 Å². The molecule has 0 atom stereocenters. The lowest BCUT2D eigenvalue weighted by atomic mass is 10.0. The van der Waals surface area contributed by atoms with Crippen LogP contribution in [0.15, 0.2) is 60.7 Å². The lowest BCUT2D eigenvalue weighted by Gasteiger charge is -2.42. The van der Waals surface area contributed by atoms with E-state index in [1.807, 2.05) is 81.4 Å². The minimum Gasteiger partial charge on any atom is -0.445 e. The minimum absolute atomic E-state index is 0.217. The van der Waals surface area contributed by atoms with Crippen molar-refractivity contribution in [3.63, 3.8) is 0 Å². The Morgan fingerprint density at radius 2 is 1.09 bits per heavy atom. The van der Waals surface area contributed by atoms with E-state index in [1.165, 1.54) is 0 Å². The van der Waals surface area contributed by atoms with Crippen molar-refractivity contribution < 1.29 is 28.6 Å². The molecule has 3 aliphatic heterocycles. The zero-order chi connectivity index (χ0) is 32.1. The second-order valence-electron chi connectivity index (χ2n) is 12.5. The average molecular weight is 624 g/mol. The molecule has 5 rings (SSSR count). The molecule has 1 N–H and O–H groups in total. The highest BCUT2D eigenvalue weighted by Crippen LogP contribution is 2.21. The largest absolute Gasteiger partial charge is 0.445 e. The van der Waals surface area contributed by atoms with Gasteiger partial charge in [-0.2, -0.15) is 0 Å². The van der Waals surface area contributed by atoms with E-state index in [1.54, 1.807) is 14.7 Å². The van der Waals surface area contributed by atoms with Crippen LogP contribution in [0, 0.1) is 0 Å². The Morgan fingerprint density at radius 1 is 0.644 bits per heavy atom. The molecule has 0 radical (unpaired) electrons. The normalized spacial score (nSPS) is 18.0. The third kappa shape index (κ3) is 11.6. The standard InChI is InChI=1S/C22H33N3O4.C12H16N2O2/c1-22(2,3)29-21(27)24-11-9-19(10-12-24)23-13-15-25(16-14-23)20(26)28-17-18-7-5-4-6-8-18;15-12(14-8-6-13-7-9-14)16-10-11-4-2-1-3-5-11/h4-8,19H,9-17H2,1-3H3;1-5,13H,6-10H2. The van der Waals surface area contributed by atoms with Gasteiger partial charge in [-0.3, -0.25) is 4.90 Å². The number of benzene rings is 2. The SMILES string of the molecule is CC(C)(C)OC(=O)N1CCC(N2CCN(C(=O)OCc3ccccc3)CC2)CC1.O=C(OCc1ccccc1)N1CCNCC1. The van der Waals surface area contributed by atoms with Crippen LogP contribution in [-0.2, 0) is 27.4 Å². The Labute approximate surface area is 267 Å². The van der Waals surface area contributed by atoms with Crippen LogP contribution >= 0.6 is 0 Å². The Morgan fingerprint density at radius 3 is 1.56 bits per heavy atom. The summed E-state index contributed by atoms with van der Waals surface area (Å²) < 4.78 is 16.1. The van der Waals surface area contributed by atoms with Crippen molar-refractivity contribution in [1.29, 1.82) is 0 Å². The second kappa shape index (κ2) is 17.0. The maximum absolute atomic E-state index is 12.3. The smallest absolute Gasteiger partial charge is 0.410 e. The van der Waals surface area contributed by atoms with E-state index in [9.17, 15) is 14.4 Å². The zero-order valence-electron chi connectivity index (χ0n) is 27.0. The number of hydrogen-bond donors (Lipinski definition) is 1. The molecule has 3 aliphatic rings. The summed E-state index contributed by atoms with van der Waals surface area (Å²) in [6, 6.07) is 19.9. The first kappa shape index (κ1) is 34.1. The third-order valence-electron chi connectivity index (χ3n) is 7.99. The zero-order valence-corrected chi connectivity index (χ0v) is 27.0. The number of ether oxygens (including phenoxy) is 3. The van der Waals surface area contributed by atoms with Crippen LogP contribution < -0.4 is 5.32 Å². The molecule has 3 amide bonds. The van der Waals surface area contributed by atoms with Crippen LogP contribution in [-0.4, -0.2) is 115 Å². The summed E-state index contributed by atoms with van der Waals surface area (Å²) in [5.74, 6) is 0. The fraction of sp³-hybridized carbons (Fsp3) is 0.559. The van der Waals surface area contributed by atoms with E-state index in [0.29, 0.717) is 32.3 Å². The Kier molecular flexibility index (Phi) is 12.9. The van der Waals surface area contributed by atoms with Crippen LogP contribution in [0.1, 0.15) is 44.7 Å². The first-order valence-corrected chi connectivity index (χ1v) is 16.0. The van der Waals surface area contributed by atoms with Crippen LogP contribution in [0.2, 0.25) is 0 Å². The first-order chi connectivity index (χ1) is 21.7. The van der Waals surface area contributed by atoms with Gasteiger partial charge in [0.25, 0.3) is 0 Å². The molecule has 246 valence electrons. The van der Waals surface area contributed by atoms with Gasteiger partial charge in [0, 0.05) is 71.5 Å². The minimum atomic E-state index is -0.459. The number of nitrogens with one attached hydrogen (secondary N) is 1. The lowest BCUT2D eigenvalue weighted by molar-refractivity contribution is 0.00895. The van der Waals surface area contributed by atoms with Crippen molar-refractivity contribution in [1.82, 2.24) is 24.9 Å². The highest BCUT2D eigenvalue weighted by atomic mass is 16.6. The van der Waals surface area contributed by atoms with E-state index >= 15 is 0 Å². The number of piperazine rings is 2. The van der Waals surface area contributed by atoms with E-state index in [0.717, 1.165) is 76.3 Å². The molecule has 11 heteroatoms. The van der Waals surface area contributed by atoms with Gasteiger partial charge in [0.05, 0.1) is 0 Å². The number of piperidine rings is 1. The van der Waals surface area contributed by atoms with Gasteiger partial charge in [0.1, 0.15) is 18.8 Å². The molecule has 0 aromatic heterocycles. The first-order valence-electron chi connectivity index (χ1n) is 16.0. The molecule has 0 saturated carbocycles. The number of nitrogens with zero attached hydrogens (tertiary/aromatic N) is 4. The molecular formula is C34H49N5O6. The molecular weight excluding hydrogens is 574 g/mol. The van der Waals surface area contributed by atoms with E-state index in [4.69, 9.17) is 14.2 Å². The van der Waals surface area contributed by atoms with Crippen molar-refractivity contribution >= 4 is 18.3 Å². The molecule has 11 nitrogen and oxygen atoms in total. The number of rotatable bonds is 5. The summed E-state index contributed by atoms with van der Waals surface area (Å²) in [6.45, 7) is 14.0. The molecule has 2 aromatic carbocycles. The van der Waals surface area contributed by atoms with Gasteiger partial charge in [-0.15, -0.1) is 0 Å². The molecule has 0 unspecified atom stereocenters. The number of carbonyl (C=O) groups excluding carboxylic acids is 3. The van der Waals surface area contributed by atoms with E-state index < -0.39 is 5.60 Å². The van der Waals surface area contributed by atoms with Gasteiger partial charge in [0.2, 0.25) is 0 Å². The molecule has 45 heavy (non-hydrogen) atoms. The van der Waals surface area contributed by atoms with E-state index in [-0.39, 0.29) is 18.3 Å². The predicted octanol–water partition coefficient (Wildman–Crippen LogP) is 4.57. The number of amides is 3. The predicted molar refractivity (Wildman–Crippen MR) is 172 cm³/mol. The average Bonchev–Trinajstić information content (AvgIpc) is 3.07. The van der Waals surface area contributed by atoms with Crippen LogP contribution in [0.3, 0.4) is 0 Å². The van der Waals surface area contributed by atoms with Gasteiger partial charge >= 0.3 is 18.3 Å². The third-order valence-corrected chi connectivity index (χ3v) is 7.99. The highest BCUT2D eigenvalue weighted by molar-refractivity contribution is 5.69. The van der Waals surface area contributed by atoms with Crippen molar-refractivity contribution in [2.24, 2.45) is 0 Å². The quantitative estimate of drug-likeness (QED) is 0.484. The number of carbonyl (C=O) groups is 3. The summed E-state index contributed by atoms with van der Waals surface area (Å²) in [5.41, 5.74) is 1.56. The number of hydrogen-bond acceptors (Lipinski definition) is 8. The van der Waals surface area contributed by atoms with Gasteiger partial charge in [-0.05, 0) is 44.7 Å². The summed E-state index contributed by atoms with van der Waals surface area (Å²) in [4.78, 5) is 43.9. The Hall–Kier alpha value is -3.83. The summed E-state index contributed by atoms with van der Waals surface area (Å²) >= 11 is 0. The molecule has 3 fully saturated rings. The molecule has 2 aromatic rings. The fourth-order valence-corrected chi connectivity index (χ4v) is 5.48. The van der Waals surface area contributed by atoms with E-state index in [2.05, 4.69) is 10.2 Å². The maximum Gasteiger partial charge on any atom is 0.410 e. The van der Waals surface area contributed by atoms with Crippen molar-refractivity contribution in [2.75, 3.05) is 65.4 Å². The summed E-state index contributed by atoms with van der Waals surface area (Å²) in [5, 5.41) is 3.19. The highest BCUT2D eigenvalue weighted by Gasteiger charge is 2.32. The summed E-state index contributed by atoms with van der Waals surface area (Å²) in [6.07, 6.45) is 1.20. The van der Waals surface area contributed by atoms with Crippen molar-refractivity contribution in [2.45, 2.75) is 58.5 Å². The van der Waals surface area contributed by atoms with Crippen molar-refractivity contribution in [3.8, 4) is 0 Å². The van der Waals surface area contributed by atoms with Gasteiger partial charge in [0.15, 0.2) is 0 Å². The summed E-state index contributed by atoms with van der Waals surface area (Å²) in [7, 11) is 0. The van der Waals surface area contributed by atoms with Gasteiger partial charge in [-0.25, -0.2) is 14.4 Å². The molecule has 3 heterocycles. The van der Waals surface area contributed by atoms with Crippen LogP contribution in [0.25, 0.3) is 0 Å². The fourth-order valence-electron chi connectivity index (χ4n) is 5.48. The number of likely N-dealkylation sites (tertiary alicyclic amines) is 1. The molecule has 0 aliphatic carbocycles. The monoisotopic (exact) mass is 623 g/mol. The molecule has 0 spiro atoms. The lowest BCUT2D eigenvalue weighted by Crippen LogP contribution is -2.55. The van der Waals surface area contributed by atoms with Gasteiger partial charge in [-0.1, -0.05) is 60.7 Å². The van der Waals surface area contributed by atoms with Gasteiger partial charge < -0.3 is 34.2 Å². The van der Waals surface area contributed by atoms with Crippen LogP contribution in [0.5, 0.6) is 0 Å². The Balaban J connectivity index is 0.000000242. The molecule has 0 bridgehead atoms. The Bertz CT molecular complexity index is 1190. The van der Waals surface area contributed by atoms with Crippen LogP contribution in [0.4, 0.5) is 14.4 Å². The molecule has 3 saturated heterocycles. The topological polar surface area (TPSA) is 104 Å². The second-order valence-corrected chi connectivity index (χ2v) is 12.5.